The Morgan fingerprint density at radius 2 is 2.00 bits per heavy atom. The molecular weight excluding hydrogens is 442 g/mol. The topological polar surface area (TPSA) is 109 Å². The van der Waals surface area contributed by atoms with Crippen molar-refractivity contribution in [3.63, 3.8) is 0 Å². The summed E-state index contributed by atoms with van der Waals surface area (Å²) in [5.41, 5.74) is 10.8. The first-order valence-corrected chi connectivity index (χ1v) is 11.8. The van der Waals surface area contributed by atoms with Crippen LogP contribution in [0.3, 0.4) is 0 Å². The third-order valence-corrected chi connectivity index (χ3v) is 6.90. The maximum atomic E-state index is 6.49. The number of fused-ring (bicyclic) bond motifs is 1. The van der Waals surface area contributed by atoms with Gasteiger partial charge in [-0.05, 0) is 38.7 Å². The smallest absolute Gasteiger partial charge is 0.234 e. The molecule has 3 aromatic rings. The van der Waals surface area contributed by atoms with Crippen molar-refractivity contribution >= 4 is 34.6 Å². The number of methoxy groups -OCH3 is 1. The van der Waals surface area contributed by atoms with Gasteiger partial charge in [0.2, 0.25) is 11.9 Å². The molecule has 2 aliphatic rings. The standard InChI is InChI=1S/C25H33N9O/c1-25(2)14-34(19-7-6-9-27-22(19)25)24-29-15-28-23(31-24)30-18-11-17(26)20(12-21(18)35-5)33-10-8-16(13-33)32(3)4/h6-7,9,11-12,15-16H,8,10,13-14,26H2,1-5H3,(H,28,29,30,31)/t16-/m1/s1. The molecule has 10 heteroatoms. The Labute approximate surface area is 206 Å². The molecule has 2 aliphatic heterocycles. The van der Waals surface area contributed by atoms with Crippen molar-refractivity contribution in [2.75, 3.05) is 61.7 Å². The molecule has 5 rings (SSSR count). The van der Waals surface area contributed by atoms with Gasteiger partial charge in [-0.2, -0.15) is 4.98 Å². The summed E-state index contributed by atoms with van der Waals surface area (Å²) in [5.74, 6) is 1.67. The van der Waals surface area contributed by atoms with Gasteiger partial charge in [-0.15, -0.1) is 0 Å². The number of benzene rings is 1. The van der Waals surface area contributed by atoms with Crippen LogP contribution in [0.2, 0.25) is 0 Å². The molecule has 4 heterocycles. The van der Waals surface area contributed by atoms with Crippen molar-refractivity contribution in [1.82, 2.24) is 24.8 Å². The molecule has 1 atom stereocenters. The van der Waals surface area contributed by atoms with Crippen LogP contribution in [0.5, 0.6) is 5.75 Å². The molecule has 0 amide bonds. The van der Waals surface area contributed by atoms with Gasteiger partial charge in [0, 0.05) is 43.4 Å². The summed E-state index contributed by atoms with van der Waals surface area (Å²) in [6.45, 7) is 6.98. The van der Waals surface area contributed by atoms with Crippen LogP contribution in [-0.2, 0) is 5.41 Å². The lowest BCUT2D eigenvalue weighted by Gasteiger charge is -2.24. The van der Waals surface area contributed by atoms with Gasteiger partial charge in [0.05, 0.1) is 35.6 Å². The highest BCUT2D eigenvalue weighted by atomic mass is 16.5. The number of nitrogen functional groups attached to an aromatic ring is 1. The van der Waals surface area contributed by atoms with Gasteiger partial charge < -0.3 is 30.5 Å². The largest absolute Gasteiger partial charge is 0.494 e. The molecule has 10 nitrogen and oxygen atoms in total. The van der Waals surface area contributed by atoms with E-state index in [-0.39, 0.29) is 5.41 Å². The van der Waals surface area contributed by atoms with E-state index in [9.17, 15) is 0 Å². The zero-order valence-corrected chi connectivity index (χ0v) is 21.0. The fourth-order valence-corrected chi connectivity index (χ4v) is 4.98. The SMILES string of the molecule is COc1cc(N2CC[C@@H](N(C)C)C2)c(N)cc1Nc1ncnc(N2CC(C)(C)c3ncccc32)n1. The second-order valence-electron chi connectivity index (χ2n) is 10.0. The van der Waals surface area contributed by atoms with Crippen LogP contribution in [0.1, 0.15) is 26.0 Å². The highest BCUT2D eigenvalue weighted by Gasteiger charge is 2.38. The lowest BCUT2D eigenvalue weighted by molar-refractivity contribution is 0.315. The number of rotatable bonds is 6. The highest BCUT2D eigenvalue weighted by Crippen LogP contribution is 2.42. The number of nitrogens with zero attached hydrogens (tertiary/aromatic N) is 7. The molecule has 1 fully saturated rings. The molecule has 1 aromatic carbocycles. The average molecular weight is 476 g/mol. The zero-order chi connectivity index (χ0) is 24.7. The van der Waals surface area contributed by atoms with Gasteiger partial charge in [0.1, 0.15) is 12.1 Å². The number of pyridine rings is 1. The lowest BCUT2D eigenvalue weighted by Crippen LogP contribution is -2.31. The van der Waals surface area contributed by atoms with Gasteiger partial charge in [0.25, 0.3) is 0 Å². The molecule has 0 spiro atoms. The number of likely N-dealkylation sites (N-methyl/N-ethyl adjacent to an activating group) is 1. The Bertz CT molecular complexity index is 1230. The van der Waals surface area contributed by atoms with Crippen molar-refractivity contribution in [1.29, 1.82) is 0 Å². The van der Waals surface area contributed by atoms with Crippen LogP contribution < -0.4 is 25.6 Å². The normalized spacial score (nSPS) is 18.7. The third-order valence-electron chi connectivity index (χ3n) is 6.90. The third kappa shape index (κ3) is 4.29. The van der Waals surface area contributed by atoms with E-state index in [1.165, 1.54) is 6.33 Å². The minimum atomic E-state index is -0.106. The Morgan fingerprint density at radius 3 is 2.74 bits per heavy atom. The van der Waals surface area contributed by atoms with Gasteiger partial charge in [0.15, 0.2) is 0 Å². The second kappa shape index (κ2) is 8.84. The molecule has 35 heavy (non-hydrogen) atoms. The maximum absolute atomic E-state index is 6.49. The second-order valence-corrected chi connectivity index (χ2v) is 10.0. The van der Waals surface area contributed by atoms with Crippen LogP contribution in [0, 0.1) is 0 Å². The first-order chi connectivity index (χ1) is 16.8. The fraction of sp³-hybridized carbons (Fsp3) is 0.440. The van der Waals surface area contributed by atoms with Gasteiger partial charge in [-0.25, -0.2) is 9.97 Å². The van der Waals surface area contributed by atoms with Gasteiger partial charge in [-0.1, -0.05) is 13.8 Å². The summed E-state index contributed by atoms with van der Waals surface area (Å²) in [7, 11) is 5.89. The first-order valence-electron chi connectivity index (χ1n) is 11.8. The summed E-state index contributed by atoms with van der Waals surface area (Å²) >= 11 is 0. The van der Waals surface area contributed by atoms with Crippen LogP contribution in [0.4, 0.5) is 34.6 Å². The van der Waals surface area contributed by atoms with E-state index in [0.29, 0.717) is 35.1 Å². The summed E-state index contributed by atoms with van der Waals surface area (Å²) in [5, 5.41) is 3.28. The van der Waals surface area contributed by atoms with Crippen LogP contribution in [0.15, 0.2) is 36.8 Å². The molecule has 0 unspecified atom stereocenters. The maximum Gasteiger partial charge on any atom is 0.234 e. The van der Waals surface area contributed by atoms with Crippen molar-refractivity contribution in [2.24, 2.45) is 0 Å². The van der Waals surface area contributed by atoms with E-state index in [1.54, 1.807) is 7.11 Å². The van der Waals surface area contributed by atoms with Crippen molar-refractivity contribution in [3.05, 3.63) is 42.5 Å². The Kier molecular flexibility index (Phi) is 5.84. The quantitative estimate of drug-likeness (QED) is 0.516. The van der Waals surface area contributed by atoms with E-state index in [4.69, 9.17) is 15.5 Å². The summed E-state index contributed by atoms with van der Waals surface area (Å²) in [6.07, 6.45) is 4.45. The predicted octanol–water partition coefficient (Wildman–Crippen LogP) is 3.17. The molecule has 184 valence electrons. The number of hydrogen-bond donors (Lipinski definition) is 2. The highest BCUT2D eigenvalue weighted by molar-refractivity contribution is 5.79. The van der Waals surface area contributed by atoms with Crippen molar-refractivity contribution in [3.8, 4) is 5.75 Å². The molecule has 3 N–H and O–H groups in total. The van der Waals surface area contributed by atoms with E-state index in [1.807, 2.05) is 24.4 Å². The Hall–Kier alpha value is -3.66. The van der Waals surface area contributed by atoms with Crippen LogP contribution in [0.25, 0.3) is 0 Å². The number of anilines is 6. The zero-order valence-electron chi connectivity index (χ0n) is 21.0. The fourth-order valence-electron chi connectivity index (χ4n) is 4.98. The van der Waals surface area contributed by atoms with Crippen LogP contribution in [-0.4, -0.2) is 71.7 Å². The van der Waals surface area contributed by atoms with Crippen LogP contribution >= 0.6 is 0 Å². The molecular formula is C25H33N9O. The summed E-state index contributed by atoms with van der Waals surface area (Å²) < 4.78 is 5.71. The van der Waals surface area contributed by atoms with E-state index in [0.717, 1.165) is 43.1 Å². The van der Waals surface area contributed by atoms with Crippen molar-refractivity contribution in [2.45, 2.75) is 31.7 Å². The number of ether oxygens (including phenoxy) is 1. The minimum absolute atomic E-state index is 0.106. The average Bonchev–Trinajstić information content (AvgIpc) is 3.43. The number of nitrogens with two attached hydrogens (primary N) is 1. The van der Waals surface area contributed by atoms with E-state index < -0.39 is 0 Å². The molecule has 0 saturated carbocycles. The molecule has 0 radical (unpaired) electrons. The number of nitrogens with one attached hydrogen (secondary N) is 1. The first kappa shape index (κ1) is 23.1. The summed E-state index contributed by atoms with van der Waals surface area (Å²) in [6, 6.07) is 8.37. The lowest BCUT2D eigenvalue weighted by atomic mass is 9.91. The van der Waals surface area contributed by atoms with Crippen molar-refractivity contribution < 1.29 is 4.74 Å². The number of hydrogen-bond acceptors (Lipinski definition) is 10. The monoisotopic (exact) mass is 475 g/mol. The van der Waals surface area contributed by atoms with Gasteiger partial charge >= 0.3 is 0 Å². The minimum Gasteiger partial charge on any atom is -0.494 e. The molecule has 0 bridgehead atoms. The van der Waals surface area contributed by atoms with E-state index in [2.05, 4.69) is 69.0 Å². The molecule has 0 aliphatic carbocycles. The Balaban J connectivity index is 1.41. The molecule has 2 aromatic heterocycles. The Morgan fingerprint density at radius 1 is 1.17 bits per heavy atom. The van der Waals surface area contributed by atoms with Gasteiger partial charge in [-0.3, -0.25) is 4.98 Å². The number of aromatic nitrogens is 4. The predicted molar refractivity (Wildman–Crippen MR) is 139 cm³/mol. The van der Waals surface area contributed by atoms with E-state index >= 15 is 0 Å². The molecule has 1 saturated heterocycles. The summed E-state index contributed by atoms with van der Waals surface area (Å²) in [4.78, 5) is 24.7.